The molecule has 1 N–H and O–H groups in total. The molecule has 0 atom stereocenters. The number of hydrogen-bond donors (Lipinski definition) is 1. The third-order valence-corrected chi connectivity index (χ3v) is 3.26. The highest BCUT2D eigenvalue weighted by molar-refractivity contribution is 5.85. The summed E-state index contributed by atoms with van der Waals surface area (Å²) in [7, 11) is 0. The van der Waals surface area contributed by atoms with Gasteiger partial charge in [-0.1, -0.05) is 0 Å². The lowest BCUT2D eigenvalue weighted by molar-refractivity contribution is 0.754. The predicted molar refractivity (Wildman–Crippen MR) is 58.8 cm³/mol. The zero-order chi connectivity index (χ0) is 8.84. The molecule has 76 valence electrons. The first-order valence-electron chi connectivity index (χ1n) is 5.07. The van der Waals surface area contributed by atoms with Crippen LogP contribution in [0.2, 0.25) is 0 Å². The maximum atomic E-state index is 4.66. The first-order chi connectivity index (χ1) is 6.36. The van der Waals surface area contributed by atoms with Crippen molar-refractivity contribution in [2.75, 3.05) is 0 Å². The van der Waals surface area contributed by atoms with Gasteiger partial charge in [0.1, 0.15) is 0 Å². The maximum Gasteiger partial charge on any atom is 0.0592 e. The van der Waals surface area contributed by atoms with Crippen molar-refractivity contribution in [1.29, 1.82) is 0 Å². The molecule has 0 bridgehead atoms. The summed E-state index contributed by atoms with van der Waals surface area (Å²) in [6, 6.07) is 0. The molecule has 0 unspecified atom stereocenters. The lowest BCUT2D eigenvalue weighted by Gasteiger charge is -2.08. The van der Waals surface area contributed by atoms with Crippen LogP contribution in [0.4, 0.5) is 0 Å². The molecule has 1 aromatic rings. The summed E-state index contributed by atoms with van der Waals surface area (Å²) >= 11 is 0. The fourth-order valence-electron chi connectivity index (χ4n) is 2.65. The van der Waals surface area contributed by atoms with Crippen LogP contribution in [0.5, 0.6) is 0 Å². The largest absolute Gasteiger partial charge is 0.307 e. The number of rotatable bonds is 0. The van der Waals surface area contributed by atoms with Crippen molar-refractivity contribution in [3.05, 3.63) is 28.1 Å². The van der Waals surface area contributed by atoms with Gasteiger partial charge >= 0.3 is 0 Å². The summed E-state index contributed by atoms with van der Waals surface area (Å²) < 4.78 is 0. The Kier molecular flexibility index (Phi) is 2.50. The fourth-order valence-corrected chi connectivity index (χ4v) is 2.65. The molecule has 2 aliphatic rings. The zero-order valence-electron chi connectivity index (χ0n) is 8.39. The number of pyridine rings is 1. The summed E-state index contributed by atoms with van der Waals surface area (Å²) in [6.45, 7) is 4.18. The Labute approximate surface area is 90.5 Å². The average Bonchev–Trinajstić information content (AvgIpc) is 2.66. The molecule has 1 aliphatic carbocycles. The monoisotopic (exact) mass is 210 g/mol. The van der Waals surface area contributed by atoms with Gasteiger partial charge in [0, 0.05) is 18.8 Å². The molecule has 3 heteroatoms. The van der Waals surface area contributed by atoms with Crippen LogP contribution in [0.15, 0.2) is 0 Å². The topological polar surface area (TPSA) is 24.9 Å². The quantitative estimate of drug-likeness (QED) is 0.708. The Morgan fingerprint density at radius 3 is 2.71 bits per heavy atom. The van der Waals surface area contributed by atoms with Gasteiger partial charge in [-0.15, -0.1) is 12.4 Å². The predicted octanol–water partition coefficient (Wildman–Crippen LogP) is 1.90. The van der Waals surface area contributed by atoms with Crippen LogP contribution >= 0.6 is 12.4 Å². The van der Waals surface area contributed by atoms with E-state index in [9.17, 15) is 0 Å². The van der Waals surface area contributed by atoms with E-state index in [0.29, 0.717) is 0 Å². The Bertz CT molecular complexity index is 374. The molecule has 0 saturated carbocycles. The minimum absolute atomic E-state index is 0. The van der Waals surface area contributed by atoms with Crippen LogP contribution < -0.4 is 5.32 Å². The van der Waals surface area contributed by atoms with E-state index < -0.39 is 0 Å². The zero-order valence-corrected chi connectivity index (χ0v) is 9.21. The van der Waals surface area contributed by atoms with Crippen LogP contribution in [0, 0.1) is 6.92 Å². The van der Waals surface area contributed by atoms with E-state index in [1.54, 1.807) is 11.1 Å². The molecule has 0 aromatic carbocycles. The highest BCUT2D eigenvalue weighted by Crippen LogP contribution is 2.30. The number of aryl methyl sites for hydroxylation is 1. The smallest absolute Gasteiger partial charge is 0.0592 e. The minimum Gasteiger partial charge on any atom is -0.307 e. The Morgan fingerprint density at radius 2 is 1.86 bits per heavy atom. The molecule has 2 nitrogen and oxygen atoms in total. The van der Waals surface area contributed by atoms with Crippen LogP contribution in [-0.4, -0.2) is 4.98 Å². The summed E-state index contributed by atoms with van der Waals surface area (Å²) in [5, 5.41) is 3.38. The van der Waals surface area contributed by atoms with E-state index in [2.05, 4.69) is 17.2 Å². The number of nitrogens with zero attached hydrogens (tertiary/aromatic N) is 1. The third-order valence-electron chi connectivity index (χ3n) is 3.26. The van der Waals surface area contributed by atoms with Crippen molar-refractivity contribution in [1.82, 2.24) is 10.3 Å². The average molecular weight is 211 g/mol. The standard InChI is InChI=1S/C11H14N2.ClH/c1-7-8-3-2-4-9(8)10-5-12-6-11(10)13-7;/h12H,2-6H2,1H3;1H. The van der Waals surface area contributed by atoms with Crippen molar-refractivity contribution >= 4 is 12.4 Å². The molecular formula is C11H15ClN2. The van der Waals surface area contributed by atoms with Crippen LogP contribution in [0.25, 0.3) is 0 Å². The number of aromatic nitrogens is 1. The molecule has 0 radical (unpaired) electrons. The van der Waals surface area contributed by atoms with Gasteiger partial charge in [0.15, 0.2) is 0 Å². The van der Waals surface area contributed by atoms with Crippen molar-refractivity contribution < 1.29 is 0 Å². The highest BCUT2D eigenvalue weighted by atomic mass is 35.5. The third kappa shape index (κ3) is 1.25. The van der Waals surface area contributed by atoms with Gasteiger partial charge in [0.05, 0.1) is 5.69 Å². The lowest BCUT2D eigenvalue weighted by Crippen LogP contribution is -2.00. The second kappa shape index (κ2) is 3.52. The first-order valence-corrected chi connectivity index (χ1v) is 5.07. The number of nitrogens with one attached hydrogen (secondary N) is 1. The number of hydrogen-bond acceptors (Lipinski definition) is 2. The van der Waals surface area contributed by atoms with E-state index in [1.807, 2.05) is 0 Å². The van der Waals surface area contributed by atoms with Gasteiger partial charge in [-0.05, 0) is 42.9 Å². The summed E-state index contributed by atoms with van der Waals surface area (Å²) in [6.07, 6.45) is 3.86. The van der Waals surface area contributed by atoms with Crippen molar-refractivity contribution in [2.45, 2.75) is 39.3 Å². The molecule has 0 amide bonds. The van der Waals surface area contributed by atoms with Gasteiger partial charge < -0.3 is 5.32 Å². The van der Waals surface area contributed by atoms with E-state index in [4.69, 9.17) is 0 Å². The molecule has 14 heavy (non-hydrogen) atoms. The lowest BCUT2D eigenvalue weighted by atomic mass is 10.0. The number of halogens is 1. The van der Waals surface area contributed by atoms with E-state index in [-0.39, 0.29) is 12.4 Å². The fraction of sp³-hybridized carbons (Fsp3) is 0.545. The Hall–Kier alpha value is -0.600. The normalized spacial score (nSPS) is 17.5. The molecule has 3 rings (SSSR count). The second-order valence-corrected chi connectivity index (χ2v) is 4.04. The number of fused-ring (bicyclic) bond motifs is 3. The van der Waals surface area contributed by atoms with Crippen molar-refractivity contribution in [3.63, 3.8) is 0 Å². The van der Waals surface area contributed by atoms with Gasteiger partial charge in [0.2, 0.25) is 0 Å². The first kappa shape index (κ1) is 9.94. The van der Waals surface area contributed by atoms with E-state index in [0.717, 1.165) is 13.1 Å². The molecule has 0 fully saturated rings. The molecule has 1 aliphatic heterocycles. The van der Waals surface area contributed by atoms with Gasteiger partial charge in [-0.3, -0.25) is 4.98 Å². The molecule has 0 saturated heterocycles. The van der Waals surface area contributed by atoms with E-state index >= 15 is 0 Å². The van der Waals surface area contributed by atoms with E-state index in [1.165, 1.54) is 36.2 Å². The molecule has 1 aromatic heterocycles. The van der Waals surface area contributed by atoms with Crippen LogP contribution in [-0.2, 0) is 25.9 Å². The van der Waals surface area contributed by atoms with Gasteiger partial charge in [0.25, 0.3) is 0 Å². The molecular weight excluding hydrogens is 196 g/mol. The van der Waals surface area contributed by atoms with Crippen LogP contribution in [0.3, 0.4) is 0 Å². The van der Waals surface area contributed by atoms with Gasteiger partial charge in [-0.2, -0.15) is 0 Å². The minimum atomic E-state index is 0. The van der Waals surface area contributed by atoms with Gasteiger partial charge in [-0.25, -0.2) is 0 Å². The van der Waals surface area contributed by atoms with Crippen molar-refractivity contribution in [2.24, 2.45) is 0 Å². The highest BCUT2D eigenvalue weighted by Gasteiger charge is 2.23. The van der Waals surface area contributed by atoms with Crippen LogP contribution in [0.1, 0.15) is 34.5 Å². The maximum absolute atomic E-state index is 4.66. The Morgan fingerprint density at radius 1 is 1.07 bits per heavy atom. The Balaban J connectivity index is 0.000000750. The summed E-state index contributed by atoms with van der Waals surface area (Å²) in [4.78, 5) is 4.66. The summed E-state index contributed by atoms with van der Waals surface area (Å²) in [5.74, 6) is 0. The molecule has 0 spiro atoms. The SMILES string of the molecule is Cc1nc2c(c3c1CCC3)CNC2.Cl. The van der Waals surface area contributed by atoms with Crippen molar-refractivity contribution in [3.8, 4) is 0 Å². The molecule has 2 heterocycles. The second-order valence-electron chi connectivity index (χ2n) is 4.04. The summed E-state index contributed by atoms with van der Waals surface area (Å²) in [5.41, 5.74) is 7.25.